The van der Waals surface area contributed by atoms with Gasteiger partial charge >= 0.3 is 0 Å². The topological polar surface area (TPSA) is 83.3 Å². The molecule has 1 aromatic heterocycles. The first-order chi connectivity index (χ1) is 13.1. The number of carbonyl (C=O) groups is 1. The fourth-order valence-corrected chi connectivity index (χ4v) is 3.72. The number of hydrogen-bond acceptors (Lipinski definition) is 7. The van der Waals surface area contributed by atoms with Crippen molar-refractivity contribution in [2.45, 2.75) is 32.7 Å². The van der Waals surface area contributed by atoms with Gasteiger partial charge in [0.2, 0.25) is 5.82 Å². The van der Waals surface area contributed by atoms with Gasteiger partial charge < -0.3 is 9.95 Å². The van der Waals surface area contributed by atoms with Crippen molar-refractivity contribution in [1.82, 2.24) is 15.7 Å². The minimum absolute atomic E-state index is 0.183. The average molecular weight is 361 g/mol. The van der Waals surface area contributed by atoms with E-state index in [9.17, 15) is 4.79 Å². The summed E-state index contributed by atoms with van der Waals surface area (Å²) in [6.45, 7) is 4.23. The zero-order chi connectivity index (χ0) is 18.5. The lowest BCUT2D eigenvalue weighted by Gasteiger charge is -2.21. The van der Waals surface area contributed by atoms with E-state index in [1.807, 2.05) is 36.4 Å². The van der Waals surface area contributed by atoms with E-state index in [-0.39, 0.29) is 5.78 Å². The predicted octanol–water partition coefficient (Wildman–Crippen LogP) is 3.59. The van der Waals surface area contributed by atoms with Crippen molar-refractivity contribution >= 4 is 17.2 Å². The van der Waals surface area contributed by atoms with E-state index < -0.39 is 0 Å². The van der Waals surface area contributed by atoms with Crippen molar-refractivity contribution < 1.29 is 9.32 Å². The fourth-order valence-electron chi connectivity index (χ4n) is 3.72. The van der Waals surface area contributed by atoms with Gasteiger partial charge in [-0.3, -0.25) is 9.80 Å². The van der Waals surface area contributed by atoms with Gasteiger partial charge in [-0.1, -0.05) is 23.4 Å². The summed E-state index contributed by atoms with van der Waals surface area (Å²) in [5, 5.41) is 6.22. The molecular formula is C20H19N5O2. The van der Waals surface area contributed by atoms with E-state index in [1.54, 1.807) is 0 Å². The number of aromatic nitrogens is 2. The highest BCUT2D eigenvalue weighted by Crippen LogP contribution is 2.35. The van der Waals surface area contributed by atoms with Crippen LogP contribution in [0.15, 0.2) is 40.9 Å². The Kier molecular flexibility index (Phi) is 3.51. The van der Waals surface area contributed by atoms with Crippen LogP contribution in [0.2, 0.25) is 0 Å². The highest BCUT2D eigenvalue weighted by molar-refractivity contribution is 6.02. The standard InChI is InChI=1S/C20H19N5O2/c1-11(2)25-17-8-6-12(10-16(17)22-24-25)20-21-19(23-27-20)15-5-3-4-14-13(15)7-9-18(14)26/h3-6,8,10-11,22,24H,7,9H2,1-2H3. The zero-order valence-corrected chi connectivity index (χ0v) is 15.1. The summed E-state index contributed by atoms with van der Waals surface area (Å²) in [6, 6.07) is 12.0. The molecule has 27 heavy (non-hydrogen) atoms. The smallest absolute Gasteiger partial charge is 0.258 e. The van der Waals surface area contributed by atoms with Crippen molar-refractivity contribution in [2.75, 3.05) is 10.4 Å². The molecule has 5 rings (SSSR count). The van der Waals surface area contributed by atoms with Gasteiger partial charge in [-0.05, 0) is 44.0 Å². The van der Waals surface area contributed by atoms with Gasteiger partial charge in [0.25, 0.3) is 5.89 Å². The van der Waals surface area contributed by atoms with E-state index in [2.05, 4.69) is 40.0 Å². The highest BCUT2D eigenvalue weighted by atomic mass is 16.5. The molecule has 0 atom stereocenters. The lowest BCUT2D eigenvalue weighted by atomic mass is 10.0. The molecule has 7 heteroatoms. The molecule has 3 aromatic rings. The second-order valence-electron chi connectivity index (χ2n) is 7.11. The first-order valence-electron chi connectivity index (χ1n) is 9.06. The summed E-state index contributed by atoms with van der Waals surface area (Å²) >= 11 is 0. The number of rotatable bonds is 3. The largest absolute Gasteiger partial charge is 0.334 e. The molecule has 2 aromatic carbocycles. The number of carbonyl (C=O) groups excluding carboxylic acids is 1. The van der Waals surface area contributed by atoms with Crippen molar-refractivity contribution in [3.63, 3.8) is 0 Å². The number of fused-ring (bicyclic) bond motifs is 2. The molecule has 0 bridgehead atoms. The van der Waals surface area contributed by atoms with Gasteiger partial charge in [0.1, 0.15) is 0 Å². The van der Waals surface area contributed by atoms with Crippen LogP contribution in [0, 0.1) is 0 Å². The lowest BCUT2D eigenvalue weighted by molar-refractivity contribution is 0.0994. The van der Waals surface area contributed by atoms with Gasteiger partial charge in [-0.2, -0.15) is 4.98 Å². The Morgan fingerprint density at radius 3 is 2.85 bits per heavy atom. The predicted molar refractivity (Wildman–Crippen MR) is 102 cm³/mol. The van der Waals surface area contributed by atoms with Crippen LogP contribution in [0.25, 0.3) is 22.8 Å². The Hall–Kier alpha value is -3.19. The van der Waals surface area contributed by atoms with Gasteiger partial charge in [0, 0.05) is 29.2 Å². The molecule has 1 aliphatic carbocycles. The maximum atomic E-state index is 12.0. The molecule has 0 fully saturated rings. The van der Waals surface area contributed by atoms with Crippen molar-refractivity contribution in [2.24, 2.45) is 0 Å². The van der Waals surface area contributed by atoms with Crippen LogP contribution in [-0.2, 0) is 6.42 Å². The molecule has 0 saturated carbocycles. The Labute approximate surface area is 156 Å². The van der Waals surface area contributed by atoms with Crippen molar-refractivity contribution in [3.8, 4) is 22.8 Å². The lowest BCUT2D eigenvalue weighted by Crippen LogP contribution is -2.41. The van der Waals surface area contributed by atoms with Gasteiger partial charge in [-0.15, -0.1) is 5.53 Å². The highest BCUT2D eigenvalue weighted by Gasteiger charge is 2.25. The molecule has 0 radical (unpaired) electrons. The number of ketones is 1. The van der Waals surface area contributed by atoms with Crippen molar-refractivity contribution in [1.29, 1.82) is 0 Å². The Bertz CT molecular complexity index is 1060. The van der Waals surface area contributed by atoms with Crippen LogP contribution >= 0.6 is 0 Å². The van der Waals surface area contributed by atoms with Crippen LogP contribution in [0.1, 0.15) is 36.2 Å². The first kappa shape index (κ1) is 16.0. The molecule has 0 spiro atoms. The number of Topliss-reactive ketones (excluding diaryl/α,β-unsaturated/α-hetero) is 1. The minimum Gasteiger partial charge on any atom is -0.334 e. The number of nitrogens with one attached hydrogen (secondary N) is 2. The van der Waals surface area contributed by atoms with Crippen LogP contribution in [-0.4, -0.2) is 22.0 Å². The summed E-state index contributed by atoms with van der Waals surface area (Å²) in [4.78, 5) is 16.6. The third-order valence-electron chi connectivity index (χ3n) is 5.08. The molecule has 2 heterocycles. The van der Waals surface area contributed by atoms with Crippen LogP contribution < -0.4 is 16.0 Å². The summed E-state index contributed by atoms with van der Waals surface area (Å²) in [6.07, 6.45) is 1.28. The second kappa shape index (κ2) is 5.92. The summed E-state index contributed by atoms with van der Waals surface area (Å²) in [5.41, 5.74) is 11.9. The summed E-state index contributed by atoms with van der Waals surface area (Å²) in [7, 11) is 0. The Morgan fingerprint density at radius 1 is 1.15 bits per heavy atom. The Morgan fingerprint density at radius 2 is 2.00 bits per heavy atom. The molecular weight excluding hydrogens is 342 g/mol. The van der Waals surface area contributed by atoms with Gasteiger partial charge in [0.05, 0.1) is 11.4 Å². The molecule has 136 valence electrons. The normalized spacial score (nSPS) is 15.2. The van der Waals surface area contributed by atoms with Crippen molar-refractivity contribution in [3.05, 3.63) is 47.5 Å². The minimum atomic E-state index is 0.183. The van der Waals surface area contributed by atoms with E-state index >= 15 is 0 Å². The van der Waals surface area contributed by atoms with E-state index in [4.69, 9.17) is 4.52 Å². The maximum Gasteiger partial charge on any atom is 0.258 e. The van der Waals surface area contributed by atoms with Crippen LogP contribution in [0.3, 0.4) is 0 Å². The number of hydrazine groups is 2. The summed E-state index contributed by atoms with van der Waals surface area (Å²) in [5.74, 6) is 1.16. The monoisotopic (exact) mass is 361 g/mol. The van der Waals surface area contributed by atoms with E-state index in [1.165, 1.54) is 0 Å². The molecule has 0 unspecified atom stereocenters. The summed E-state index contributed by atoms with van der Waals surface area (Å²) < 4.78 is 5.52. The number of nitrogens with zero attached hydrogens (tertiary/aromatic N) is 3. The average Bonchev–Trinajstić information content (AvgIpc) is 3.39. The molecule has 0 saturated heterocycles. The maximum absolute atomic E-state index is 12.0. The fraction of sp³-hybridized carbons (Fsp3) is 0.250. The van der Waals surface area contributed by atoms with Gasteiger partial charge in [0.15, 0.2) is 5.78 Å². The SMILES string of the molecule is CC(C)N1NNc2cc(-c3nc(-c4cccc5c4CCC5=O)no3)ccc21. The van der Waals surface area contributed by atoms with E-state index in [0.29, 0.717) is 24.2 Å². The molecule has 2 aliphatic rings. The Balaban J connectivity index is 1.50. The third kappa shape index (κ3) is 2.50. The number of benzene rings is 2. The molecule has 7 nitrogen and oxygen atoms in total. The zero-order valence-electron chi connectivity index (χ0n) is 15.1. The van der Waals surface area contributed by atoms with E-state index in [0.717, 1.165) is 40.0 Å². The molecule has 0 amide bonds. The third-order valence-corrected chi connectivity index (χ3v) is 5.08. The van der Waals surface area contributed by atoms with Crippen LogP contribution in [0.4, 0.5) is 11.4 Å². The number of anilines is 2. The quantitative estimate of drug-likeness (QED) is 0.737. The number of hydrogen-bond donors (Lipinski definition) is 2. The molecule has 1 aliphatic heterocycles. The second-order valence-corrected chi connectivity index (χ2v) is 7.11. The van der Waals surface area contributed by atoms with Gasteiger partial charge in [-0.25, -0.2) is 0 Å². The molecule has 2 N–H and O–H groups in total. The first-order valence-corrected chi connectivity index (χ1v) is 9.06. The van der Waals surface area contributed by atoms with Crippen LogP contribution in [0.5, 0.6) is 0 Å².